The van der Waals surface area contributed by atoms with Gasteiger partial charge in [-0.3, -0.25) is 4.79 Å². The van der Waals surface area contributed by atoms with Gasteiger partial charge < -0.3 is 19.7 Å². The predicted octanol–water partition coefficient (Wildman–Crippen LogP) is 1.74. The van der Waals surface area contributed by atoms with Crippen LogP contribution in [0.15, 0.2) is 16.6 Å². The Kier molecular flexibility index (Phi) is 4.31. The van der Waals surface area contributed by atoms with Crippen LogP contribution in [-0.4, -0.2) is 37.7 Å². The number of hydrogen-bond donors (Lipinski definition) is 1. The van der Waals surface area contributed by atoms with Crippen LogP contribution in [-0.2, 0) is 11.3 Å². The van der Waals surface area contributed by atoms with Crippen molar-refractivity contribution in [2.45, 2.75) is 19.5 Å². The number of rotatable bonds is 4. The molecule has 1 aliphatic heterocycles. The highest BCUT2D eigenvalue weighted by atomic mass is 79.9. The van der Waals surface area contributed by atoms with E-state index >= 15 is 0 Å². The molecule has 0 radical (unpaired) electrons. The van der Waals surface area contributed by atoms with Crippen molar-refractivity contribution in [3.8, 4) is 11.5 Å². The number of hydrogen-bond acceptors (Lipinski definition) is 4. The van der Waals surface area contributed by atoms with Gasteiger partial charge in [-0.1, -0.05) is 0 Å². The summed E-state index contributed by atoms with van der Waals surface area (Å²) in [5, 5.41) is 3.19. The highest BCUT2D eigenvalue weighted by Gasteiger charge is 2.19. The van der Waals surface area contributed by atoms with Crippen LogP contribution in [0.1, 0.15) is 12.5 Å². The largest absolute Gasteiger partial charge is 0.454 e. The molecule has 0 saturated heterocycles. The molecule has 6 heteroatoms. The molecule has 0 bridgehead atoms. The first-order valence-electron chi connectivity index (χ1n) is 6.01. The van der Waals surface area contributed by atoms with Crippen molar-refractivity contribution in [3.63, 3.8) is 0 Å². The summed E-state index contributed by atoms with van der Waals surface area (Å²) in [6, 6.07) is 3.67. The van der Waals surface area contributed by atoms with Crippen LogP contribution in [0.4, 0.5) is 0 Å². The zero-order valence-electron chi connectivity index (χ0n) is 11.2. The first-order chi connectivity index (χ1) is 8.99. The Hall–Kier alpha value is -1.27. The van der Waals surface area contributed by atoms with Gasteiger partial charge in [-0.15, -0.1) is 0 Å². The minimum Gasteiger partial charge on any atom is -0.454 e. The van der Waals surface area contributed by atoms with E-state index in [0.29, 0.717) is 6.54 Å². The summed E-state index contributed by atoms with van der Waals surface area (Å²) >= 11 is 3.45. The minimum atomic E-state index is -0.223. The molecule has 104 valence electrons. The Bertz CT molecular complexity index is 491. The molecule has 0 spiro atoms. The highest BCUT2D eigenvalue weighted by molar-refractivity contribution is 9.10. The fourth-order valence-electron chi connectivity index (χ4n) is 1.87. The summed E-state index contributed by atoms with van der Waals surface area (Å²) in [7, 11) is 3.50. The second kappa shape index (κ2) is 5.79. The standard InChI is InChI=1S/C13H17BrN2O3/c1-8(13(17)16(2)3)15-6-9-4-10(14)12-11(5-9)18-7-19-12/h4-5,8,15H,6-7H2,1-3H3. The number of ether oxygens (including phenoxy) is 2. The maximum Gasteiger partial charge on any atom is 0.238 e. The first-order valence-corrected chi connectivity index (χ1v) is 6.81. The molecule has 1 amide bonds. The van der Waals surface area contributed by atoms with Gasteiger partial charge in [0, 0.05) is 20.6 Å². The molecular weight excluding hydrogens is 312 g/mol. The summed E-state index contributed by atoms with van der Waals surface area (Å²) in [6.45, 7) is 2.70. The van der Waals surface area contributed by atoms with Crippen LogP contribution in [0.5, 0.6) is 11.5 Å². The highest BCUT2D eigenvalue weighted by Crippen LogP contribution is 2.39. The zero-order chi connectivity index (χ0) is 14.0. The van der Waals surface area contributed by atoms with Crippen molar-refractivity contribution in [1.82, 2.24) is 10.2 Å². The molecule has 1 N–H and O–H groups in total. The van der Waals surface area contributed by atoms with Gasteiger partial charge in [-0.2, -0.15) is 0 Å². The third kappa shape index (κ3) is 3.19. The van der Waals surface area contributed by atoms with E-state index in [2.05, 4.69) is 21.2 Å². The average molecular weight is 329 g/mol. The Morgan fingerprint density at radius 1 is 1.47 bits per heavy atom. The molecule has 0 saturated carbocycles. The second-order valence-electron chi connectivity index (χ2n) is 4.65. The van der Waals surface area contributed by atoms with E-state index in [1.807, 2.05) is 19.1 Å². The second-order valence-corrected chi connectivity index (χ2v) is 5.50. The first kappa shape index (κ1) is 14.1. The number of nitrogens with one attached hydrogen (secondary N) is 1. The van der Waals surface area contributed by atoms with Gasteiger partial charge in [0.2, 0.25) is 12.7 Å². The molecule has 0 aliphatic carbocycles. The number of likely N-dealkylation sites (N-methyl/N-ethyl adjacent to an activating group) is 1. The van der Waals surface area contributed by atoms with Gasteiger partial charge in [-0.25, -0.2) is 0 Å². The summed E-state index contributed by atoms with van der Waals surface area (Å²) in [5.74, 6) is 1.53. The molecule has 1 aromatic rings. The number of nitrogens with zero attached hydrogens (tertiary/aromatic N) is 1. The molecular formula is C13H17BrN2O3. The molecule has 1 aromatic carbocycles. The van der Waals surface area contributed by atoms with E-state index < -0.39 is 0 Å². The Balaban J connectivity index is 2.01. The van der Waals surface area contributed by atoms with E-state index in [1.54, 1.807) is 19.0 Å². The molecule has 2 rings (SSSR count). The van der Waals surface area contributed by atoms with E-state index in [-0.39, 0.29) is 18.7 Å². The molecule has 0 aromatic heterocycles. The van der Waals surface area contributed by atoms with Crippen molar-refractivity contribution >= 4 is 21.8 Å². The number of amides is 1. The number of carbonyl (C=O) groups is 1. The molecule has 1 heterocycles. The van der Waals surface area contributed by atoms with E-state index in [0.717, 1.165) is 21.5 Å². The fraction of sp³-hybridized carbons (Fsp3) is 0.462. The van der Waals surface area contributed by atoms with Crippen molar-refractivity contribution in [2.24, 2.45) is 0 Å². The third-order valence-corrected chi connectivity index (χ3v) is 3.50. The molecule has 0 fully saturated rings. The third-order valence-electron chi connectivity index (χ3n) is 2.91. The van der Waals surface area contributed by atoms with Gasteiger partial charge in [-0.05, 0) is 40.5 Å². The summed E-state index contributed by atoms with van der Waals surface area (Å²) in [4.78, 5) is 13.3. The summed E-state index contributed by atoms with van der Waals surface area (Å²) in [5.41, 5.74) is 1.04. The number of benzene rings is 1. The van der Waals surface area contributed by atoms with E-state index in [9.17, 15) is 4.79 Å². The molecule has 1 aliphatic rings. The van der Waals surface area contributed by atoms with Crippen LogP contribution in [0.25, 0.3) is 0 Å². The van der Waals surface area contributed by atoms with Crippen molar-refractivity contribution in [3.05, 3.63) is 22.2 Å². The molecule has 19 heavy (non-hydrogen) atoms. The molecule has 1 atom stereocenters. The smallest absolute Gasteiger partial charge is 0.238 e. The van der Waals surface area contributed by atoms with E-state index in [4.69, 9.17) is 9.47 Å². The van der Waals surface area contributed by atoms with Gasteiger partial charge in [0.25, 0.3) is 0 Å². The number of halogens is 1. The van der Waals surface area contributed by atoms with Crippen LogP contribution in [0.2, 0.25) is 0 Å². The Morgan fingerprint density at radius 3 is 2.89 bits per heavy atom. The van der Waals surface area contributed by atoms with Crippen molar-refractivity contribution in [1.29, 1.82) is 0 Å². The van der Waals surface area contributed by atoms with Crippen LogP contribution in [0.3, 0.4) is 0 Å². The topological polar surface area (TPSA) is 50.8 Å². The lowest BCUT2D eigenvalue weighted by Crippen LogP contribution is -2.41. The Labute approximate surface area is 121 Å². The lowest BCUT2D eigenvalue weighted by Gasteiger charge is -2.18. The molecule has 1 unspecified atom stereocenters. The molecule has 5 nitrogen and oxygen atoms in total. The van der Waals surface area contributed by atoms with Gasteiger partial charge in [0.05, 0.1) is 10.5 Å². The van der Waals surface area contributed by atoms with Crippen LogP contribution < -0.4 is 14.8 Å². The quantitative estimate of drug-likeness (QED) is 0.914. The summed E-state index contributed by atoms with van der Waals surface area (Å²) < 4.78 is 11.6. The maximum atomic E-state index is 11.7. The average Bonchev–Trinajstić information content (AvgIpc) is 2.83. The number of fused-ring (bicyclic) bond motifs is 1. The van der Waals surface area contributed by atoms with Gasteiger partial charge >= 0.3 is 0 Å². The maximum absolute atomic E-state index is 11.7. The lowest BCUT2D eigenvalue weighted by atomic mass is 10.2. The van der Waals surface area contributed by atoms with Crippen molar-refractivity contribution < 1.29 is 14.3 Å². The Morgan fingerprint density at radius 2 is 2.21 bits per heavy atom. The lowest BCUT2D eigenvalue weighted by molar-refractivity contribution is -0.130. The normalized spacial score (nSPS) is 14.3. The summed E-state index contributed by atoms with van der Waals surface area (Å²) in [6.07, 6.45) is 0. The monoisotopic (exact) mass is 328 g/mol. The predicted molar refractivity (Wildman–Crippen MR) is 75.3 cm³/mol. The van der Waals surface area contributed by atoms with Gasteiger partial charge in [0.15, 0.2) is 11.5 Å². The van der Waals surface area contributed by atoms with E-state index in [1.165, 1.54) is 0 Å². The number of carbonyl (C=O) groups excluding carboxylic acids is 1. The van der Waals surface area contributed by atoms with Crippen molar-refractivity contribution in [2.75, 3.05) is 20.9 Å². The minimum absolute atomic E-state index is 0.0554. The van der Waals surface area contributed by atoms with Crippen LogP contribution in [0, 0.1) is 0 Å². The van der Waals surface area contributed by atoms with Crippen LogP contribution >= 0.6 is 15.9 Å². The van der Waals surface area contributed by atoms with Gasteiger partial charge in [0.1, 0.15) is 0 Å². The fourth-order valence-corrected chi connectivity index (χ4v) is 2.47. The SMILES string of the molecule is CC(NCc1cc(Br)c2c(c1)OCO2)C(=O)N(C)C. The zero-order valence-corrected chi connectivity index (χ0v) is 12.8.